The van der Waals surface area contributed by atoms with E-state index in [1.807, 2.05) is 11.5 Å². The van der Waals surface area contributed by atoms with E-state index >= 15 is 0 Å². The van der Waals surface area contributed by atoms with Crippen molar-refractivity contribution in [3.05, 3.63) is 6.33 Å². The van der Waals surface area contributed by atoms with Crippen molar-refractivity contribution in [2.24, 2.45) is 0 Å². The Labute approximate surface area is 82.0 Å². The molecular weight excluding hydrogens is 184 g/mol. The summed E-state index contributed by atoms with van der Waals surface area (Å²) in [5.41, 5.74) is 0. The summed E-state index contributed by atoms with van der Waals surface area (Å²) in [6.07, 6.45) is 1.69. The van der Waals surface area contributed by atoms with Crippen LogP contribution in [-0.4, -0.2) is 20.0 Å². The lowest BCUT2D eigenvalue weighted by Gasteiger charge is -2.09. The van der Waals surface area contributed by atoms with Crippen molar-refractivity contribution >= 4 is 11.8 Å². The van der Waals surface area contributed by atoms with Gasteiger partial charge in [-0.25, -0.2) is 0 Å². The topological polar surface area (TPSA) is 54.5 Å². The summed E-state index contributed by atoms with van der Waals surface area (Å²) in [6, 6.07) is 2.49. The maximum absolute atomic E-state index is 8.63. The number of rotatable bonds is 3. The minimum atomic E-state index is -0.0818. The maximum Gasteiger partial charge on any atom is 0.192 e. The summed E-state index contributed by atoms with van der Waals surface area (Å²) in [7, 11) is 0. The van der Waals surface area contributed by atoms with Gasteiger partial charge in [0, 0.05) is 6.04 Å². The van der Waals surface area contributed by atoms with Gasteiger partial charge in [0.25, 0.3) is 0 Å². The highest BCUT2D eigenvalue weighted by Crippen LogP contribution is 2.22. The van der Waals surface area contributed by atoms with Crippen LogP contribution in [0.3, 0.4) is 0 Å². The highest BCUT2D eigenvalue weighted by molar-refractivity contribution is 8.00. The molecule has 0 aromatic carbocycles. The van der Waals surface area contributed by atoms with Crippen molar-refractivity contribution in [1.29, 1.82) is 5.26 Å². The molecule has 0 saturated heterocycles. The predicted molar refractivity (Wildman–Crippen MR) is 51.3 cm³/mol. The van der Waals surface area contributed by atoms with E-state index < -0.39 is 0 Å². The molecule has 1 heterocycles. The number of nitriles is 1. The first-order valence-corrected chi connectivity index (χ1v) is 4.99. The second-order valence-electron chi connectivity index (χ2n) is 3.00. The Balaban J connectivity index is 2.78. The Morgan fingerprint density at radius 2 is 2.23 bits per heavy atom. The molecule has 0 spiro atoms. The quantitative estimate of drug-likeness (QED) is 0.692. The molecule has 1 atom stereocenters. The minimum absolute atomic E-state index is 0.0818. The van der Waals surface area contributed by atoms with Gasteiger partial charge < -0.3 is 4.57 Å². The Bertz CT molecular complexity index is 312. The first-order valence-electron chi connectivity index (χ1n) is 4.11. The molecule has 13 heavy (non-hydrogen) atoms. The van der Waals surface area contributed by atoms with Crippen LogP contribution in [-0.2, 0) is 0 Å². The van der Waals surface area contributed by atoms with E-state index in [4.69, 9.17) is 5.26 Å². The first-order chi connectivity index (χ1) is 6.15. The lowest BCUT2D eigenvalue weighted by Crippen LogP contribution is -2.03. The summed E-state index contributed by atoms with van der Waals surface area (Å²) < 4.78 is 1.96. The average Bonchev–Trinajstić information content (AvgIpc) is 2.52. The molecule has 1 aromatic rings. The van der Waals surface area contributed by atoms with Crippen molar-refractivity contribution in [2.75, 3.05) is 0 Å². The second-order valence-corrected chi connectivity index (χ2v) is 4.31. The lowest BCUT2D eigenvalue weighted by atomic mass is 10.4. The molecule has 0 N–H and O–H groups in total. The third-order valence-corrected chi connectivity index (χ3v) is 2.52. The van der Waals surface area contributed by atoms with Crippen LogP contribution < -0.4 is 0 Å². The standard InChI is InChI=1S/C8H12N4S/c1-6(2)12-5-10-11-8(12)13-7(3)4-9/h5-7H,1-3H3. The molecule has 1 unspecified atom stereocenters. The van der Waals surface area contributed by atoms with E-state index in [0.717, 1.165) is 5.16 Å². The Hall–Kier alpha value is -1.02. The minimum Gasteiger partial charge on any atom is -0.306 e. The van der Waals surface area contributed by atoms with Gasteiger partial charge in [-0.05, 0) is 20.8 Å². The molecule has 0 bridgehead atoms. The van der Waals surface area contributed by atoms with E-state index in [9.17, 15) is 0 Å². The van der Waals surface area contributed by atoms with Gasteiger partial charge in [-0.3, -0.25) is 0 Å². The van der Waals surface area contributed by atoms with Crippen molar-refractivity contribution < 1.29 is 0 Å². The third-order valence-electron chi connectivity index (χ3n) is 1.56. The second kappa shape index (κ2) is 4.28. The Kier molecular flexibility index (Phi) is 3.32. The van der Waals surface area contributed by atoms with Crippen LogP contribution in [0.2, 0.25) is 0 Å². The Morgan fingerprint density at radius 3 is 2.77 bits per heavy atom. The molecule has 0 aliphatic carbocycles. The lowest BCUT2D eigenvalue weighted by molar-refractivity contribution is 0.549. The van der Waals surface area contributed by atoms with Crippen LogP contribution in [0, 0.1) is 11.3 Å². The maximum atomic E-state index is 8.63. The molecule has 0 fully saturated rings. The van der Waals surface area contributed by atoms with Gasteiger partial charge in [0.05, 0.1) is 11.3 Å². The highest BCUT2D eigenvalue weighted by Gasteiger charge is 2.11. The van der Waals surface area contributed by atoms with Crippen molar-refractivity contribution in [1.82, 2.24) is 14.8 Å². The molecule has 4 nitrogen and oxygen atoms in total. The summed E-state index contributed by atoms with van der Waals surface area (Å²) >= 11 is 1.43. The average molecular weight is 196 g/mol. The zero-order valence-corrected chi connectivity index (χ0v) is 8.75. The van der Waals surface area contributed by atoms with E-state index in [0.29, 0.717) is 6.04 Å². The summed E-state index contributed by atoms with van der Waals surface area (Å²) in [6.45, 7) is 5.97. The molecule has 0 aliphatic rings. The fraction of sp³-hybridized carbons (Fsp3) is 0.625. The van der Waals surface area contributed by atoms with Gasteiger partial charge in [-0.1, -0.05) is 11.8 Å². The number of aromatic nitrogens is 3. The monoisotopic (exact) mass is 196 g/mol. The van der Waals surface area contributed by atoms with E-state index in [-0.39, 0.29) is 5.25 Å². The highest BCUT2D eigenvalue weighted by atomic mass is 32.2. The van der Waals surface area contributed by atoms with Crippen LogP contribution in [0.15, 0.2) is 11.5 Å². The van der Waals surface area contributed by atoms with Gasteiger partial charge in [0.2, 0.25) is 0 Å². The van der Waals surface area contributed by atoms with E-state index in [1.165, 1.54) is 11.8 Å². The number of hydrogen-bond acceptors (Lipinski definition) is 4. The summed E-state index contributed by atoms with van der Waals surface area (Å²) in [5, 5.41) is 17.1. The molecule has 1 rings (SSSR count). The first kappa shape index (κ1) is 10.1. The smallest absolute Gasteiger partial charge is 0.192 e. The fourth-order valence-corrected chi connectivity index (χ4v) is 1.70. The largest absolute Gasteiger partial charge is 0.306 e. The third kappa shape index (κ3) is 2.46. The fourth-order valence-electron chi connectivity index (χ4n) is 0.855. The molecule has 0 aliphatic heterocycles. The molecule has 70 valence electrons. The van der Waals surface area contributed by atoms with Crippen LogP contribution in [0.5, 0.6) is 0 Å². The van der Waals surface area contributed by atoms with Gasteiger partial charge in [-0.15, -0.1) is 10.2 Å². The van der Waals surface area contributed by atoms with Gasteiger partial charge in [-0.2, -0.15) is 5.26 Å². The zero-order chi connectivity index (χ0) is 9.84. The molecule has 0 amide bonds. The summed E-state index contributed by atoms with van der Waals surface area (Å²) in [4.78, 5) is 0. The molecule has 0 saturated carbocycles. The zero-order valence-electron chi connectivity index (χ0n) is 7.93. The van der Waals surface area contributed by atoms with E-state index in [2.05, 4.69) is 30.1 Å². The van der Waals surface area contributed by atoms with Crippen molar-refractivity contribution in [3.8, 4) is 6.07 Å². The number of thioether (sulfide) groups is 1. The van der Waals surface area contributed by atoms with Gasteiger partial charge in [0.1, 0.15) is 6.33 Å². The number of hydrogen-bond donors (Lipinski definition) is 0. The molecule has 0 radical (unpaired) electrons. The van der Waals surface area contributed by atoms with Crippen LogP contribution in [0.25, 0.3) is 0 Å². The van der Waals surface area contributed by atoms with Crippen LogP contribution >= 0.6 is 11.8 Å². The van der Waals surface area contributed by atoms with E-state index in [1.54, 1.807) is 6.33 Å². The number of nitrogens with zero attached hydrogens (tertiary/aromatic N) is 4. The molecule has 5 heteroatoms. The van der Waals surface area contributed by atoms with Crippen LogP contribution in [0.4, 0.5) is 0 Å². The SMILES string of the molecule is CC(C#N)Sc1nncn1C(C)C. The summed E-state index contributed by atoms with van der Waals surface area (Å²) in [5.74, 6) is 0. The van der Waals surface area contributed by atoms with Gasteiger partial charge >= 0.3 is 0 Å². The van der Waals surface area contributed by atoms with Crippen molar-refractivity contribution in [3.63, 3.8) is 0 Å². The molecule has 1 aromatic heterocycles. The molecular formula is C8H12N4S. The van der Waals surface area contributed by atoms with Crippen molar-refractivity contribution in [2.45, 2.75) is 37.2 Å². The van der Waals surface area contributed by atoms with Gasteiger partial charge in [0.15, 0.2) is 5.16 Å². The Morgan fingerprint density at radius 1 is 1.54 bits per heavy atom. The predicted octanol–water partition coefficient (Wildman–Crippen LogP) is 1.86. The van der Waals surface area contributed by atoms with Crippen LogP contribution in [0.1, 0.15) is 26.8 Å². The normalized spacial score (nSPS) is 12.8.